The second-order valence-electron chi connectivity index (χ2n) is 14.1. The molecule has 4 aromatic carbocycles. The van der Waals surface area contributed by atoms with Crippen LogP contribution in [0, 0.1) is 0 Å². The van der Waals surface area contributed by atoms with Gasteiger partial charge in [-0.05, 0) is 45.9 Å². The van der Waals surface area contributed by atoms with Crippen molar-refractivity contribution in [2.45, 2.75) is 82.4 Å². The Labute approximate surface area is 269 Å². The first-order valence-corrected chi connectivity index (χ1v) is 18.0. The van der Waals surface area contributed by atoms with Crippen molar-refractivity contribution in [3.8, 4) is 0 Å². The standard InChI is InChI=1S/C39H45NO4Si/c1-37(2,3)45(31-20-11-7-12-21-31,32-22-13-8-14-23-32)43-26-25-39(42,28-29-17-9-6-10-18-29)36(41)40-35-33-24-16-15-19-30(33)27-34(35)44-38(40,4)5/h6-24,34-35,42H,25-28H2,1-5H3/t34-,35?,39+/m1/s1. The van der Waals surface area contributed by atoms with Crippen LogP contribution in [-0.2, 0) is 26.8 Å². The van der Waals surface area contributed by atoms with E-state index in [9.17, 15) is 9.90 Å². The highest BCUT2D eigenvalue weighted by molar-refractivity contribution is 6.99. The highest BCUT2D eigenvalue weighted by Gasteiger charge is 2.57. The molecule has 2 aliphatic rings. The van der Waals surface area contributed by atoms with E-state index in [0.29, 0.717) is 0 Å². The normalized spacial score (nSPS) is 20.4. The third-order valence-electron chi connectivity index (χ3n) is 9.65. The minimum absolute atomic E-state index is 0.143. The molecule has 1 unspecified atom stereocenters. The number of rotatable bonds is 9. The summed E-state index contributed by atoms with van der Waals surface area (Å²) < 4.78 is 13.7. The van der Waals surface area contributed by atoms with Gasteiger partial charge in [-0.3, -0.25) is 4.79 Å². The predicted molar refractivity (Wildman–Crippen MR) is 182 cm³/mol. The average molecular weight is 620 g/mol. The average Bonchev–Trinajstić information content (AvgIpc) is 3.49. The van der Waals surface area contributed by atoms with Gasteiger partial charge >= 0.3 is 0 Å². The Bertz CT molecular complexity index is 1580. The number of hydrogen-bond acceptors (Lipinski definition) is 4. The van der Waals surface area contributed by atoms with Crippen molar-refractivity contribution in [3.05, 3.63) is 132 Å². The van der Waals surface area contributed by atoms with E-state index >= 15 is 0 Å². The van der Waals surface area contributed by atoms with Gasteiger partial charge in [-0.2, -0.15) is 0 Å². The number of aliphatic hydroxyl groups is 1. The maximum atomic E-state index is 14.9. The SMILES string of the molecule is CC1(C)O[C@@H]2Cc3ccccc3C2N1C(=O)[C@](O)(CCO[Si](c1ccccc1)(c1ccccc1)C(C)(C)C)Cc1ccccc1. The van der Waals surface area contributed by atoms with Gasteiger partial charge in [0.05, 0.1) is 12.1 Å². The number of benzene rings is 4. The molecule has 6 rings (SSSR count). The van der Waals surface area contributed by atoms with E-state index in [-0.39, 0.29) is 42.5 Å². The van der Waals surface area contributed by atoms with Crippen LogP contribution in [0.2, 0.25) is 5.04 Å². The summed E-state index contributed by atoms with van der Waals surface area (Å²) in [7, 11) is -2.87. The summed E-state index contributed by atoms with van der Waals surface area (Å²) in [6.07, 6.45) is 0.942. The summed E-state index contributed by atoms with van der Waals surface area (Å²) in [6.45, 7) is 10.8. The molecule has 0 radical (unpaired) electrons. The Morgan fingerprint density at radius 2 is 1.40 bits per heavy atom. The van der Waals surface area contributed by atoms with E-state index in [1.54, 1.807) is 0 Å². The minimum atomic E-state index is -2.87. The lowest BCUT2D eigenvalue weighted by molar-refractivity contribution is -0.169. The van der Waals surface area contributed by atoms with Gasteiger partial charge < -0.3 is 19.2 Å². The lowest BCUT2D eigenvalue weighted by atomic mass is 9.88. The van der Waals surface area contributed by atoms with Crippen LogP contribution in [0.4, 0.5) is 0 Å². The summed E-state index contributed by atoms with van der Waals surface area (Å²) >= 11 is 0. The van der Waals surface area contributed by atoms with Crippen molar-refractivity contribution in [3.63, 3.8) is 0 Å². The first-order valence-electron chi connectivity index (χ1n) is 16.1. The molecule has 1 N–H and O–H groups in total. The van der Waals surface area contributed by atoms with Crippen molar-refractivity contribution in [2.24, 2.45) is 0 Å². The van der Waals surface area contributed by atoms with Crippen LogP contribution >= 0.6 is 0 Å². The molecule has 0 bridgehead atoms. The Balaban J connectivity index is 1.37. The molecule has 1 amide bonds. The molecule has 1 aliphatic carbocycles. The Kier molecular flexibility index (Phi) is 8.38. The highest BCUT2D eigenvalue weighted by Crippen LogP contribution is 2.49. The van der Waals surface area contributed by atoms with Crippen LogP contribution in [0.3, 0.4) is 0 Å². The molecular formula is C39H45NO4Si. The van der Waals surface area contributed by atoms with Crippen LogP contribution in [0.1, 0.15) is 63.8 Å². The molecule has 1 fully saturated rings. The first-order chi connectivity index (χ1) is 21.5. The molecule has 0 aromatic heterocycles. The fourth-order valence-electron chi connectivity index (χ4n) is 7.65. The fraction of sp³-hybridized carbons (Fsp3) is 0.359. The maximum Gasteiger partial charge on any atom is 0.261 e. The van der Waals surface area contributed by atoms with Crippen molar-refractivity contribution in [1.82, 2.24) is 4.90 Å². The molecule has 4 aromatic rings. The molecule has 234 valence electrons. The summed E-state index contributed by atoms with van der Waals surface area (Å²) in [5.74, 6) is -0.313. The molecule has 1 heterocycles. The Hall–Kier alpha value is -3.55. The maximum absolute atomic E-state index is 14.9. The van der Waals surface area contributed by atoms with Gasteiger partial charge in [-0.25, -0.2) is 0 Å². The van der Waals surface area contributed by atoms with E-state index in [1.807, 2.05) is 73.3 Å². The number of ether oxygens (including phenoxy) is 1. The third-order valence-corrected chi connectivity index (χ3v) is 14.7. The van der Waals surface area contributed by atoms with Gasteiger partial charge in [0, 0.05) is 25.9 Å². The van der Waals surface area contributed by atoms with Gasteiger partial charge in [0.25, 0.3) is 14.2 Å². The third kappa shape index (κ3) is 5.70. The minimum Gasteiger partial charge on any atom is -0.407 e. The van der Waals surface area contributed by atoms with E-state index in [2.05, 4.69) is 81.4 Å². The zero-order valence-electron chi connectivity index (χ0n) is 27.1. The number of carbonyl (C=O) groups excluding carboxylic acids is 1. The molecule has 5 nitrogen and oxygen atoms in total. The number of carbonyl (C=O) groups is 1. The lowest BCUT2D eigenvalue weighted by Crippen LogP contribution is -2.67. The van der Waals surface area contributed by atoms with E-state index in [4.69, 9.17) is 9.16 Å². The second kappa shape index (κ2) is 12.0. The number of amides is 1. The van der Waals surface area contributed by atoms with Crippen LogP contribution in [-0.4, -0.2) is 48.3 Å². The topological polar surface area (TPSA) is 59.0 Å². The molecule has 3 atom stereocenters. The quantitative estimate of drug-likeness (QED) is 0.227. The zero-order chi connectivity index (χ0) is 31.9. The van der Waals surface area contributed by atoms with E-state index in [1.165, 1.54) is 15.9 Å². The Morgan fingerprint density at radius 1 is 0.867 bits per heavy atom. The van der Waals surface area contributed by atoms with Crippen molar-refractivity contribution in [1.29, 1.82) is 0 Å². The molecular weight excluding hydrogens is 575 g/mol. The molecule has 1 aliphatic heterocycles. The summed E-state index contributed by atoms with van der Waals surface area (Å²) in [5, 5.41) is 14.7. The number of fused-ring (bicyclic) bond motifs is 3. The summed E-state index contributed by atoms with van der Waals surface area (Å²) in [6, 6.07) is 38.8. The molecule has 6 heteroatoms. The second-order valence-corrected chi connectivity index (χ2v) is 18.4. The van der Waals surface area contributed by atoms with Gasteiger partial charge in [0.2, 0.25) is 0 Å². The largest absolute Gasteiger partial charge is 0.407 e. The van der Waals surface area contributed by atoms with E-state index < -0.39 is 19.6 Å². The van der Waals surface area contributed by atoms with E-state index in [0.717, 1.165) is 17.5 Å². The molecule has 1 saturated heterocycles. The van der Waals surface area contributed by atoms with Crippen LogP contribution in [0.5, 0.6) is 0 Å². The van der Waals surface area contributed by atoms with Crippen LogP contribution < -0.4 is 10.4 Å². The van der Waals surface area contributed by atoms with Gasteiger partial charge in [0.15, 0.2) is 0 Å². The number of hydrogen-bond donors (Lipinski definition) is 1. The monoisotopic (exact) mass is 619 g/mol. The van der Waals surface area contributed by atoms with Crippen molar-refractivity contribution < 1.29 is 19.1 Å². The van der Waals surface area contributed by atoms with Crippen molar-refractivity contribution in [2.75, 3.05) is 6.61 Å². The summed E-state index contributed by atoms with van der Waals surface area (Å²) in [4.78, 5) is 16.7. The first kappa shape index (κ1) is 31.4. The molecule has 45 heavy (non-hydrogen) atoms. The van der Waals surface area contributed by atoms with Gasteiger partial charge in [-0.1, -0.05) is 136 Å². The predicted octanol–water partition coefficient (Wildman–Crippen LogP) is 6.19. The van der Waals surface area contributed by atoms with Crippen LogP contribution in [0.25, 0.3) is 0 Å². The highest BCUT2D eigenvalue weighted by atomic mass is 28.4. The summed E-state index contributed by atoms with van der Waals surface area (Å²) in [5.41, 5.74) is 0.623. The molecule has 0 spiro atoms. The van der Waals surface area contributed by atoms with Gasteiger partial charge in [0.1, 0.15) is 11.3 Å². The Morgan fingerprint density at radius 3 is 1.98 bits per heavy atom. The smallest absolute Gasteiger partial charge is 0.261 e. The lowest BCUT2D eigenvalue weighted by Gasteiger charge is -2.44. The fourth-order valence-corrected chi connectivity index (χ4v) is 12.2. The zero-order valence-corrected chi connectivity index (χ0v) is 28.1. The van der Waals surface area contributed by atoms with Crippen LogP contribution in [0.15, 0.2) is 115 Å². The van der Waals surface area contributed by atoms with Crippen molar-refractivity contribution >= 4 is 24.6 Å². The molecule has 0 saturated carbocycles. The number of nitrogens with zero attached hydrogens (tertiary/aromatic N) is 1. The van der Waals surface area contributed by atoms with Gasteiger partial charge in [-0.15, -0.1) is 0 Å².